The SMILES string of the molecule is O=C(O)c1ccc(CSc2ccc(Br)cc2)c(F)c1. The number of carboxylic acid groups (broad SMARTS) is 1. The lowest BCUT2D eigenvalue weighted by Crippen LogP contribution is -1.98. The summed E-state index contributed by atoms with van der Waals surface area (Å²) in [6.07, 6.45) is 0. The minimum atomic E-state index is -1.12. The first-order chi connectivity index (χ1) is 9.06. The fourth-order valence-electron chi connectivity index (χ4n) is 1.49. The maximum absolute atomic E-state index is 13.7. The zero-order valence-electron chi connectivity index (χ0n) is 9.77. The van der Waals surface area contributed by atoms with E-state index in [-0.39, 0.29) is 5.56 Å². The van der Waals surface area contributed by atoms with Crippen LogP contribution in [-0.4, -0.2) is 11.1 Å². The van der Waals surface area contributed by atoms with Crippen molar-refractivity contribution < 1.29 is 14.3 Å². The topological polar surface area (TPSA) is 37.3 Å². The van der Waals surface area contributed by atoms with Crippen molar-refractivity contribution in [3.63, 3.8) is 0 Å². The number of rotatable bonds is 4. The molecule has 0 aliphatic carbocycles. The molecule has 2 aromatic rings. The number of halogens is 2. The minimum Gasteiger partial charge on any atom is -0.478 e. The molecule has 19 heavy (non-hydrogen) atoms. The summed E-state index contributed by atoms with van der Waals surface area (Å²) >= 11 is 4.85. The molecule has 2 nitrogen and oxygen atoms in total. The van der Waals surface area contributed by atoms with Crippen molar-refractivity contribution in [1.82, 2.24) is 0 Å². The third-order valence-corrected chi connectivity index (χ3v) is 4.10. The minimum absolute atomic E-state index is 0.0325. The maximum atomic E-state index is 13.7. The van der Waals surface area contributed by atoms with E-state index in [1.165, 1.54) is 23.9 Å². The van der Waals surface area contributed by atoms with Crippen molar-refractivity contribution in [2.24, 2.45) is 0 Å². The smallest absolute Gasteiger partial charge is 0.335 e. The number of carbonyl (C=O) groups is 1. The standard InChI is InChI=1S/C14H10BrFO2S/c15-11-3-5-12(6-4-11)19-8-10-2-1-9(14(17)18)7-13(10)16/h1-7H,8H2,(H,17,18). The monoisotopic (exact) mass is 340 g/mol. The average molecular weight is 341 g/mol. The van der Waals surface area contributed by atoms with Gasteiger partial charge in [-0.3, -0.25) is 0 Å². The molecule has 98 valence electrons. The molecule has 0 saturated heterocycles. The van der Waals surface area contributed by atoms with Gasteiger partial charge in [0.25, 0.3) is 0 Å². The van der Waals surface area contributed by atoms with Crippen molar-refractivity contribution in [3.8, 4) is 0 Å². The van der Waals surface area contributed by atoms with E-state index in [2.05, 4.69) is 15.9 Å². The Kier molecular flexibility index (Phi) is 4.61. The number of thioether (sulfide) groups is 1. The Bertz CT molecular complexity index is 599. The summed E-state index contributed by atoms with van der Waals surface area (Å²) in [5.74, 6) is -1.14. The highest BCUT2D eigenvalue weighted by molar-refractivity contribution is 9.10. The van der Waals surface area contributed by atoms with Crippen LogP contribution in [0.3, 0.4) is 0 Å². The molecule has 0 aliphatic heterocycles. The van der Waals surface area contributed by atoms with Gasteiger partial charge in [-0.2, -0.15) is 0 Å². The lowest BCUT2D eigenvalue weighted by atomic mass is 10.1. The van der Waals surface area contributed by atoms with Gasteiger partial charge in [-0.1, -0.05) is 22.0 Å². The summed E-state index contributed by atoms with van der Waals surface area (Å²) in [6, 6.07) is 11.7. The molecule has 0 bridgehead atoms. The molecule has 0 fully saturated rings. The second-order valence-corrected chi connectivity index (χ2v) is 5.82. The molecule has 0 amide bonds. The maximum Gasteiger partial charge on any atom is 0.335 e. The van der Waals surface area contributed by atoms with Gasteiger partial charge in [-0.15, -0.1) is 11.8 Å². The second kappa shape index (κ2) is 6.21. The number of benzene rings is 2. The van der Waals surface area contributed by atoms with Crippen LogP contribution in [0.5, 0.6) is 0 Å². The highest BCUT2D eigenvalue weighted by Crippen LogP contribution is 2.25. The summed E-state index contributed by atoms with van der Waals surface area (Å²) in [4.78, 5) is 11.7. The van der Waals surface area contributed by atoms with Crippen LogP contribution in [0.15, 0.2) is 51.8 Å². The van der Waals surface area contributed by atoms with Crippen LogP contribution >= 0.6 is 27.7 Å². The zero-order chi connectivity index (χ0) is 13.8. The summed E-state index contributed by atoms with van der Waals surface area (Å²) in [5.41, 5.74) is 0.466. The van der Waals surface area contributed by atoms with Crippen LogP contribution in [0.25, 0.3) is 0 Å². The molecule has 0 aliphatic rings. The molecule has 0 atom stereocenters. The molecule has 5 heteroatoms. The van der Waals surface area contributed by atoms with Crippen LogP contribution in [0.4, 0.5) is 4.39 Å². The summed E-state index contributed by atoms with van der Waals surface area (Å²) in [6.45, 7) is 0. The van der Waals surface area contributed by atoms with Crippen LogP contribution in [0, 0.1) is 5.82 Å². The van der Waals surface area contributed by atoms with E-state index in [4.69, 9.17) is 5.11 Å². The Hall–Kier alpha value is -1.33. The number of aromatic carboxylic acids is 1. The van der Waals surface area contributed by atoms with E-state index in [1.807, 2.05) is 24.3 Å². The molecule has 0 saturated carbocycles. The van der Waals surface area contributed by atoms with Crippen LogP contribution < -0.4 is 0 Å². The number of carboxylic acids is 1. The van der Waals surface area contributed by atoms with Gasteiger partial charge >= 0.3 is 5.97 Å². The van der Waals surface area contributed by atoms with Crippen molar-refractivity contribution in [3.05, 3.63) is 63.9 Å². The van der Waals surface area contributed by atoms with Gasteiger partial charge in [-0.05, 0) is 42.0 Å². The number of hydrogen-bond acceptors (Lipinski definition) is 2. The van der Waals surface area contributed by atoms with Crippen molar-refractivity contribution in [2.45, 2.75) is 10.6 Å². The predicted molar refractivity (Wildman–Crippen MR) is 77.1 cm³/mol. The van der Waals surface area contributed by atoms with Crippen molar-refractivity contribution in [1.29, 1.82) is 0 Å². The van der Waals surface area contributed by atoms with Gasteiger partial charge in [0.15, 0.2) is 0 Å². The lowest BCUT2D eigenvalue weighted by molar-refractivity contribution is 0.0696. The highest BCUT2D eigenvalue weighted by Gasteiger charge is 2.08. The Balaban J connectivity index is 2.07. The normalized spacial score (nSPS) is 10.4. The van der Waals surface area contributed by atoms with Crippen LogP contribution in [0.2, 0.25) is 0 Å². The quantitative estimate of drug-likeness (QED) is 0.827. The Labute approximate surface area is 122 Å². The van der Waals surface area contributed by atoms with Gasteiger partial charge in [0.05, 0.1) is 5.56 Å². The number of hydrogen-bond donors (Lipinski definition) is 1. The third-order valence-electron chi connectivity index (χ3n) is 2.51. The van der Waals surface area contributed by atoms with Crippen molar-refractivity contribution >= 4 is 33.7 Å². The summed E-state index contributed by atoms with van der Waals surface area (Å²) in [5, 5.41) is 8.76. The first-order valence-electron chi connectivity index (χ1n) is 5.46. The Morgan fingerprint density at radius 2 is 1.89 bits per heavy atom. The zero-order valence-corrected chi connectivity index (χ0v) is 12.2. The van der Waals surface area contributed by atoms with Gasteiger partial charge < -0.3 is 5.11 Å². The van der Waals surface area contributed by atoms with Gasteiger partial charge in [0.2, 0.25) is 0 Å². The van der Waals surface area contributed by atoms with E-state index in [9.17, 15) is 9.18 Å². The Morgan fingerprint density at radius 1 is 1.21 bits per heavy atom. The fourth-order valence-corrected chi connectivity index (χ4v) is 2.64. The Morgan fingerprint density at radius 3 is 2.47 bits per heavy atom. The molecule has 0 spiro atoms. The summed E-state index contributed by atoms with van der Waals surface area (Å²) < 4.78 is 14.7. The largest absolute Gasteiger partial charge is 0.478 e. The van der Waals surface area contributed by atoms with E-state index in [1.54, 1.807) is 0 Å². The average Bonchev–Trinajstić information content (AvgIpc) is 2.39. The predicted octanol–water partition coefficient (Wildman–Crippen LogP) is 4.58. The molecular weight excluding hydrogens is 331 g/mol. The van der Waals surface area contributed by atoms with E-state index in [0.29, 0.717) is 11.3 Å². The molecule has 1 N–H and O–H groups in total. The van der Waals surface area contributed by atoms with E-state index < -0.39 is 11.8 Å². The van der Waals surface area contributed by atoms with Gasteiger partial charge in [0.1, 0.15) is 5.82 Å². The fraction of sp³-hybridized carbons (Fsp3) is 0.0714. The van der Waals surface area contributed by atoms with E-state index >= 15 is 0 Å². The van der Waals surface area contributed by atoms with E-state index in [0.717, 1.165) is 15.4 Å². The van der Waals surface area contributed by atoms with Gasteiger partial charge in [0, 0.05) is 15.1 Å². The lowest BCUT2D eigenvalue weighted by Gasteiger charge is -2.05. The molecule has 0 radical (unpaired) electrons. The highest BCUT2D eigenvalue weighted by atomic mass is 79.9. The molecule has 0 aromatic heterocycles. The van der Waals surface area contributed by atoms with Crippen LogP contribution in [0.1, 0.15) is 15.9 Å². The molecular formula is C14H10BrFO2S. The van der Waals surface area contributed by atoms with Crippen molar-refractivity contribution in [2.75, 3.05) is 0 Å². The third kappa shape index (κ3) is 3.81. The van der Waals surface area contributed by atoms with Crippen LogP contribution in [-0.2, 0) is 5.75 Å². The first kappa shape index (κ1) is 14.1. The first-order valence-corrected chi connectivity index (χ1v) is 7.24. The molecule has 0 unspecified atom stereocenters. The summed E-state index contributed by atoms with van der Waals surface area (Å²) in [7, 11) is 0. The molecule has 0 heterocycles. The van der Waals surface area contributed by atoms with Gasteiger partial charge in [-0.25, -0.2) is 9.18 Å². The molecule has 2 aromatic carbocycles. The second-order valence-electron chi connectivity index (χ2n) is 3.85. The molecule has 2 rings (SSSR count).